The molecule has 7 heteroatoms. The van der Waals surface area contributed by atoms with Crippen LogP contribution in [0.4, 0.5) is 14.5 Å². The van der Waals surface area contributed by atoms with Crippen LogP contribution in [0, 0.1) is 11.6 Å². The highest BCUT2D eigenvalue weighted by Crippen LogP contribution is 2.19. The quantitative estimate of drug-likeness (QED) is 0.806. The summed E-state index contributed by atoms with van der Waals surface area (Å²) in [4.78, 5) is 16.6. The molecule has 3 aromatic rings. The molecule has 0 aliphatic rings. The minimum Gasteiger partial charge on any atom is -0.319 e. The second-order valence-corrected chi connectivity index (χ2v) is 5.39. The molecule has 1 N–H and O–H groups in total. The Hall–Kier alpha value is -2.83. The number of pyridine rings is 1. The summed E-state index contributed by atoms with van der Waals surface area (Å²) < 4.78 is 28.4. The van der Waals surface area contributed by atoms with Gasteiger partial charge in [0.2, 0.25) is 0 Å². The molecule has 0 unspecified atom stereocenters. The molecular weight excluding hydrogens is 302 g/mol. The molecular formula is C16H14F2N4O. The average Bonchev–Trinajstić information content (AvgIpc) is 2.95. The Morgan fingerprint density at radius 1 is 1.26 bits per heavy atom. The van der Waals surface area contributed by atoms with Crippen molar-refractivity contribution in [1.29, 1.82) is 0 Å². The van der Waals surface area contributed by atoms with Crippen LogP contribution in [0.25, 0.3) is 5.65 Å². The summed E-state index contributed by atoms with van der Waals surface area (Å²) in [5.74, 6) is -1.47. The second kappa shape index (κ2) is 5.75. The fraction of sp³-hybridized carbons (Fsp3) is 0.188. The number of amides is 1. The van der Waals surface area contributed by atoms with Crippen LogP contribution in [0.5, 0.6) is 0 Å². The van der Waals surface area contributed by atoms with Gasteiger partial charge in [-0.05, 0) is 30.3 Å². The first-order chi connectivity index (χ1) is 11.0. The molecule has 0 saturated heterocycles. The Labute approximate surface area is 131 Å². The Balaban J connectivity index is 1.98. The van der Waals surface area contributed by atoms with E-state index in [2.05, 4.69) is 15.4 Å². The van der Waals surface area contributed by atoms with Gasteiger partial charge in [-0.25, -0.2) is 18.3 Å². The Bertz CT molecular complexity index is 889. The van der Waals surface area contributed by atoms with E-state index in [1.807, 2.05) is 13.8 Å². The Morgan fingerprint density at radius 3 is 2.78 bits per heavy atom. The number of anilines is 1. The van der Waals surface area contributed by atoms with Crippen LogP contribution in [0.1, 0.15) is 35.9 Å². The zero-order chi connectivity index (χ0) is 16.6. The van der Waals surface area contributed by atoms with Gasteiger partial charge in [-0.15, -0.1) is 0 Å². The van der Waals surface area contributed by atoms with Gasteiger partial charge in [0.05, 0.1) is 11.3 Å². The van der Waals surface area contributed by atoms with Crippen molar-refractivity contribution in [2.45, 2.75) is 19.8 Å². The molecule has 0 atom stereocenters. The summed E-state index contributed by atoms with van der Waals surface area (Å²) in [7, 11) is 0. The number of carbonyl (C=O) groups is 1. The predicted octanol–water partition coefficient (Wildman–Crippen LogP) is 3.38. The topological polar surface area (TPSA) is 59.3 Å². The molecule has 0 saturated carbocycles. The molecule has 1 amide bonds. The van der Waals surface area contributed by atoms with Crippen LogP contribution in [0.3, 0.4) is 0 Å². The molecule has 0 aliphatic carbocycles. The highest BCUT2D eigenvalue weighted by molar-refractivity contribution is 6.06. The van der Waals surface area contributed by atoms with Crippen molar-refractivity contribution in [3.05, 3.63) is 59.6 Å². The van der Waals surface area contributed by atoms with E-state index in [0.717, 1.165) is 18.2 Å². The molecule has 0 fully saturated rings. The summed E-state index contributed by atoms with van der Waals surface area (Å²) in [5.41, 5.74) is 0.456. The second-order valence-electron chi connectivity index (χ2n) is 5.39. The number of nitrogens with zero attached hydrogens (tertiary/aromatic N) is 3. The highest BCUT2D eigenvalue weighted by atomic mass is 19.1. The highest BCUT2D eigenvalue weighted by Gasteiger charge is 2.16. The number of fused-ring (bicyclic) bond motifs is 1. The SMILES string of the molecule is CC(C)c1nc2c(NC(=O)c3cc(F)ccc3F)cccn2n1. The molecule has 5 nitrogen and oxygen atoms in total. The predicted molar refractivity (Wildman–Crippen MR) is 81.4 cm³/mol. The standard InChI is InChI=1S/C16H14F2N4O/c1-9(2)14-20-15-13(4-3-7-22(15)21-14)19-16(23)11-8-10(17)5-6-12(11)18/h3-9H,1-2H3,(H,19,23). The summed E-state index contributed by atoms with van der Waals surface area (Å²) in [6.07, 6.45) is 1.70. The van der Waals surface area contributed by atoms with Gasteiger partial charge in [0, 0.05) is 12.1 Å². The molecule has 0 radical (unpaired) electrons. The van der Waals surface area contributed by atoms with E-state index >= 15 is 0 Å². The van der Waals surface area contributed by atoms with Gasteiger partial charge in [-0.3, -0.25) is 4.79 Å². The largest absolute Gasteiger partial charge is 0.319 e. The average molecular weight is 316 g/mol. The van der Waals surface area contributed by atoms with Crippen molar-refractivity contribution in [1.82, 2.24) is 14.6 Å². The van der Waals surface area contributed by atoms with Gasteiger partial charge in [-0.2, -0.15) is 5.10 Å². The maximum Gasteiger partial charge on any atom is 0.258 e. The number of aromatic nitrogens is 3. The number of hydrogen-bond acceptors (Lipinski definition) is 3. The van der Waals surface area contributed by atoms with E-state index in [1.165, 1.54) is 4.52 Å². The van der Waals surface area contributed by atoms with E-state index in [1.54, 1.807) is 18.3 Å². The van der Waals surface area contributed by atoms with Gasteiger partial charge in [0.25, 0.3) is 5.91 Å². The van der Waals surface area contributed by atoms with Crippen LogP contribution in [0.2, 0.25) is 0 Å². The summed E-state index contributed by atoms with van der Waals surface area (Å²) in [6, 6.07) is 6.04. The van der Waals surface area contributed by atoms with E-state index in [0.29, 0.717) is 17.2 Å². The first-order valence-corrected chi connectivity index (χ1v) is 7.07. The monoisotopic (exact) mass is 316 g/mol. The molecule has 118 valence electrons. The number of nitrogens with one attached hydrogen (secondary N) is 1. The van der Waals surface area contributed by atoms with Gasteiger partial charge in [0.1, 0.15) is 11.6 Å². The van der Waals surface area contributed by atoms with Crippen molar-refractivity contribution in [2.24, 2.45) is 0 Å². The maximum atomic E-state index is 13.7. The van der Waals surface area contributed by atoms with Gasteiger partial charge >= 0.3 is 0 Å². The van der Waals surface area contributed by atoms with E-state index in [-0.39, 0.29) is 11.5 Å². The number of halogens is 2. The van der Waals surface area contributed by atoms with Gasteiger partial charge < -0.3 is 5.32 Å². The van der Waals surface area contributed by atoms with Crippen molar-refractivity contribution in [3.8, 4) is 0 Å². The third-order valence-electron chi connectivity index (χ3n) is 3.32. The summed E-state index contributed by atoms with van der Waals surface area (Å²) >= 11 is 0. The number of hydrogen-bond donors (Lipinski definition) is 1. The minimum absolute atomic E-state index is 0.124. The van der Waals surface area contributed by atoms with E-state index < -0.39 is 17.5 Å². The molecule has 0 bridgehead atoms. The van der Waals surface area contributed by atoms with Crippen LogP contribution in [0.15, 0.2) is 36.5 Å². The van der Waals surface area contributed by atoms with Crippen molar-refractivity contribution in [2.75, 3.05) is 5.32 Å². The maximum absolute atomic E-state index is 13.7. The number of rotatable bonds is 3. The normalized spacial score (nSPS) is 11.2. The summed E-state index contributed by atoms with van der Waals surface area (Å²) in [6.45, 7) is 3.91. The summed E-state index contributed by atoms with van der Waals surface area (Å²) in [5, 5.41) is 6.86. The molecule has 0 spiro atoms. The fourth-order valence-corrected chi connectivity index (χ4v) is 2.13. The molecule has 23 heavy (non-hydrogen) atoms. The number of carbonyl (C=O) groups excluding carboxylic acids is 1. The van der Waals surface area contributed by atoms with Crippen LogP contribution in [-0.4, -0.2) is 20.5 Å². The van der Waals surface area contributed by atoms with Crippen LogP contribution in [-0.2, 0) is 0 Å². The lowest BCUT2D eigenvalue weighted by Gasteiger charge is -2.07. The van der Waals surface area contributed by atoms with Crippen molar-refractivity contribution >= 4 is 17.2 Å². The van der Waals surface area contributed by atoms with Crippen LogP contribution < -0.4 is 5.32 Å². The van der Waals surface area contributed by atoms with Crippen molar-refractivity contribution in [3.63, 3.8) is 0 Å². The third kappa shape index (κ3) is 2.90. The van der Waals surface area contributed by atoms with E-state index in [9.17, 15) is 13.6 Å². The third-order valence-corrected chi connectivity index (χ3v) is 3.32. The van der Waals surface area contributed by atoms with Gasteiger partial charge in [0.15, 0.2) is 11.5 Å². The minimum atomic E-state index is -0.791. The molecule has 2 heterocycles. The molecule has 3 rings (SSSR count). The lowest BCUT2D eigenvalue weighted by molar-refractivity contribution is 0.102. The zero-order valence-electron chi connectivity index (χ0n) is 12.5. The lowest BCUT2D eigenvalue weighted by atomic mass is 10.2. The van der Waals surface area contributed by atoms with Crippen molar-refractivity contribution < 1.29 is 13.6 Å². The molecule has 0 aliphatic heterocycles. The Morgan fingerprint density at radius 2 is 2.04 bits per heavy atom. The smallest absolute Gasteiger partial charge is 0.258 e. The Kier molecular flexibility index (Phi) is 3.77. The molecule has 1 aromatic carbocycles. The van der Waals surface area contributed by atoms with Gasteiger partial charge in [-0.1, -0.05) is 13.8 Å². The first kappa shape index (κ1) is 15.1. The fourth-order valence-electron chi connectivity index (χ4n) is 2.13. The van der Waals surface area contributed by atoms with Crippen LogP contribution >= 0.6 is 0 Å². The zero-order valence-corrected chi connectivity index (χ0v) is 12.5. The number of benzene rings is 1. The first-order valence-electron chi connectivity index (χ1n) is 7.07. The lowest BCUT2D eigenvalue weighted by Crippen LogP contribution is -2.15. The van der Waals surface area contributed by atoms with E-state index in [4.69, 9.17) is 0 Å². The molecule has 2 aromatic heterocycles.